The van der Waals surface area contributed by atoms with Crippen LogP contribution in [0.1, 0.15) is 16.6 Å². The van der Waals surface area contributed by atoms with Gasteiger partial charge < -0.3 is 0 Å². The van der Waals surface area contributed by atoms with Gasteiger partial charge in [0.25, 0.3) is 5.91 Å². The van der Waals surface area contributed by atoms with Crippen molar-refractivity contribution in [3.8, 4) is 10.6 Å². The fourth-order valence-corrected chi connectivity index (χ4v) is 2.32. The first-order valence-corrected chi connectivity index (χ1v) is 6.30. The van der Waals surface area contributed by atoms with Crippen molar-refractivity contribution in [3.05, 3.63) is 35.6 Å². The molecule has 2 rings (SSSR count). The molecule has 0 aromatic carbocycles. The molecule has 0 spiro atoms. The Morgan fingerprint density at radius 2 is 2.33 bits per heavy atom. The van der Waals surface area contributed by atoms with E-state index in [0.29, 0.717) is 11.4 Å². The summed E-state index contributed by atoms with van der Waals surface area (Å²) in [5.74, 6) is -0.173. The highest BCUT2D eigenvalue weighted by atomic mass is 32.1. The average Bonchev–Trinajstić information content (AvgIpc) is 2.90. The van der Waals surface area contributed by atoms with Crippen LogP contribution >= 0.6 is 11.3 Å². The molecule has 0 unspecified atom stereocenters. The number of amides is 1. The number of carbonyl (C=O) groups excluding carboxylic acids is 1. The molecule has 0 aliphatic carbocycles. The normalized spacial score (nSPS) is 10.3. The smallest absolute Gasteiger partial charge is 0.274 e. The van der Waals surface area contributed by atoms with Gasteiger partial charge in [0, 0.05) is 24.5 Å². The molecule has 0 bridgehead atoms. The van der Waals surface area contributed by atoms with Gasteiger partial charge in [-0.1, -0.05) is 0 Å². The molecule has 6 heteroatoms. The maximum Gasteiger partial charge on any atom is 0.289 e. The topological polar surface area (TPSA) is 55.3 Å². The van der Waals surface area contributed by atoms with Crippen LogP contribution in [0.25, 0.3) is 10.6 Å². The lowest BCUT2D eigenvalue weighted by Gasteiger charge is -2.15. The molecule has 0 N–H and O–H groups in total. The molecule has 1 amide bonds. The van der Waals surface area contributed by atoms with E-state index in [4.69, 9.17) is 4.84 Å². The van der Waals surface area contributed by atoms with Crippen LogP contribution in [0.4, 0.5) is 0 Å². The second-order valence-corrected chi connectivity index (χ2v) is 4.48. The third-order valence-electron chi connectivity index (χ3n) is 2.36. The van der Waals surface area contributed by atoms with Gasteiger partial charge in [0.2, 0.25) is 0 Å². The molecule has 2 aromatic rings. The van der Waals surface area contributed by atoms with Gasteiger partial charge in [-0.15, -0.1) is 11.3 Å². The van der Waals surface area contributed by atoms with Crippen molar-refractivity contribution in [3.63, 3.8) is 0 Å². The van der Waals surface area contributed by atoms with E-state index in [2.05, 4.69) is 9.97 Å². The lowest BCUT2D eigenvalue weighted by atomic mass is 10.3. The Balaban J connectivity index is 2.23. The Morgan fingerprint density at radius 3 is 2.94 bits per heavy atom. The van der Waals surface area contributed by atoms with Gasteiger partial charge >= 0.3 is 0 Å². The predicted octanol–water partition coefficient (Wildman–Crippen LogP) is 2.23. The fourth-order valence-electron chi connectivity index (χ4n) is 1.47. The van der Waals surface area contributed by atoms with Crippen LogP contribution in [0, 0.1) is 0 Å². The molecule has 0 saturated carbocycles. The Bertz CT molecular complexity index is 523. The number of hydrogen-bond acceptors (Lipinski definition) is 5. The van der Waals surface area contributed by atoms with E-state index in [1.54, 1.807) is 18.6 Å². The fraction of sp³-hybridized carbons (Fsp3) is 0.250. The van der Waals surface area contributed by atoms with Crippen LogP contribution in [-0.2, 0) is 4.84 Å². The van der Waals surface area contributed by atoms with Crippen LogP contribution < -0.4 is 0 Å². The number of hydrogen-bond donors (Lipinski definition) is 0. The largest absolute Gasteiger partial charge is 0.289 e. The van der Waals surface area contributed by atoms with Gasteiger partial charge in [0.05, 0.1) is 13.3 Å². The van der Waals surface area contributed by atoms with E-state index in [-0.39, 0.29) is 5.91 Å². The standard InChI is InChI=1S/C12H13N3O2S/c1-3-15(17-2)12(16)10-8-14-11(18-10)9-5-4-6-13-7-9/h4-8H,3H2,1-2H3. The summed E-state index contributed by atoms with van der Waals surface area (Å²) >= 11 is 1.33. The van der Waals surface area contributed by atoms with Gasteiger partial charge in [-0.2, -0.15) is 0 Å². The molecule has 0 fully saturated rings. The first-order chi connectivity index (χ1) is 8.76. The van der Waals surface area contributed by atoms with E-state index >= 15 is 0 Å². The summed E-state index contributed by atoms with van der Waals surface area (Å²) in [6.45, 7) is 2.35. The van der Waals surface area contributed by atoms with Crippen molar-refractivity contribution in [1.29, 1.82) is 0 Å². The summed E-state index contributed by atoms with van der Waals surface area (Å²) in [4.78, 5) is 25.8. The number of aromatic nitrogens is 2. The van der Waals surface area contributed by atoms with Crippen LogP contribution in [0.2, 0.25) is 0 Å². The van der Waals surface area contributed by atoms with E-state index in [0.717, 1.165) is 10.6 Å². The minimum atomic E-state index is -0.173. The zero-order valence-corrected chi connectivity index (χ0v) is 11.0. The van der Waals surface area contributed by atoms with Crippen molar-refractivity contribution in [1.82, 2.24) is 15.0 Å². The van der Waals surface area contributed by atoms with Crippen LogP contribution in [0.3, 0.4) is 0 Å². The molecule has 0 aliphatic rings. The number of nitrogens with zero attached hydrogens (tertiary/aromatic N) is 3. The van der Waals surface area contributed by atoms with Crippen molar-refractivity contribution in [2.45, 2.75) is 6.92 Å². The molecule has 2 aromatic heterocycles. The lowest BCUT2D eigenvalue weighted by molar-refractivity contribution is -0.0912. The summed E-state index contributed by atoms with van der Waals surface area (Å²) in [6, 6.07) is 3.75. The van der Waals surface area contributed by atoms with Crippen LogP contribution in [-0.4, -0.2) is 34.6 Å². The van der Waals surface area contributed by atoms with Gasteiger partial charge in [-0.25, -0.2) is 10.0 Å². The molecule has 0 aliphatic heterocycles. The molecular formula is C12H13N3O2S. The van der Waals surface area contributed by atoms with Crippen molar-refractivity contribution >= 4 is 17.2 Å². The summed E-state index contributed by atoms with van der Waals surface area (Å²) in [5.41, 5.74) is 0.905. The summed E-state index contributed by atoms with van der Waals surface area (Å²) < 4.78 is 0. The molecule has 0 radical (unpaired) electrons. The minimum absolute atomic E-state index is 0.173. The first-order valence-electron chi connectivity index (χ1n) is 5.48. The quantitative estimate of drug-likeness (QED) is 0.794. The molecule has 2 heterocycles. The molecule has 5 nitrogen and oxygen atoms in total. The van der Waals surface area contributed by atoms with Crippen LogP contribution in [0.5, 0.6) is 0 Å². The van der Waals surface area contributed by atoms with E-state index < -0.39 is 0 Å². The van der Waals surface area contributed by atoms with Crippen molar-refractivity contribution in [2.75, 3.05) is 13.7 Å². The lowest BCUT2D eigenvalue weighted by Crippen LogP contribution is -2.28. The number of carbonyl (C=O) groups is 1. The second-order valence-electron chi connectivity index (χ2n) is 3.45. The molecule has 18 heavy (non-hydrogen) atoms. The van der Waals surface area contributed by atoms with Gasteiger partial charge in [0.15, 0.2) is 0 Å². The third kappa shape index (κ3) is 2.55. The summed E-state index contributed by atoms with van der Waals surface area (Å²) in [6.07, 6.45) is 4.99. The van der Waals surface area contributed by atoms with Crippen molar-refractivity contribution in [2.24, 2.45) is 0 Å². The Hall–Kier alpha value is -1.79. The van der Waals surface area contributed by atoms with E-state index in [9.17, 15) is 4.79 Å². The predicted molar refractivity (Wildman–Crippen MR) is 69.1 cm³/mol. The number of thiazole rings is 1. The maximum atomic E-state index is 12.0. The van der Waals surface area contributed by atoms with Gasteiger partial charge in [-0.05, 0) is 19.1 Å². The minimum Gasteiger partial charge on any atom is -0.274 e. The monoisotopic (exact) mass is 263 g/mol. The number of pyridine rings is 1. The maximum absolute atomic E-state index is 12.0. The molecule has 0 saturated heterocycles. The summed E-state index contributed by atoms with van der Waals surface area (Å²) in [5, 5.41) is 2.07. The zero-order valence-electron chi connectivity index (χ0n) is 10.2. The SMILES string of the molecule is CCN(OC)C(=O)c1cnc(-c2cccnc2)s1. The van der Waals surface area contributed by atoms with Crippen molar-refractivity contribution < 1.29 is 9.63 Å². The Labute approximate surface area is 109 Å². The third-order valence-corrected chi connectivity index (χ3v) is 3.39. The molecular weight excluding hydrogens is 250 g/mol. The molecule has 0 atom stereocenters. The highest BCUT2D eigenvalue weighted by Gasteiger charge is 2.17. The highest BCUT2D eigenvalue weighted by molar-refractivity contribution is 7.16. The average molecular weight is 263 g/mol. The highest BCUT2D eigenvalue weighted by Crippen LogP contribution is 2.25. The van der Waals surface area contributed by atoms with Crippen LogP contribution in [0.15, 0.2) is 30.7 Å². The molecule has 94 valence electrons. The van der Waals surface area contributed by atoms with Gasteiger partial charge in [0.1, 0.15) is 9.88 Å². The Morgan fingerprint density at radius 1 is 1.50 bits per heavy atom. The van der Waals surface area contributed by atoms with E-state index in [1.807, 2.05) is 19.1 Å². The number of rotatable bonds is 4. The summed E-state index contributed by atoms with van der Waals surface area (Å²) in [7, 11) is 1.48. The second kappa shape index (κ2) is 5.70. The number of hydroxylamine groups is 2. The van der Waals surface area contributed by atoms with E-state index in [1.165, 1.54) is 23.5 Å². The van der Waals surface area contributed by atoms with Gasteiger partial charge in [-0.3, -0.25) is 14.6 Å². The first kappa shape index (κ1) is 12.7. The Kier molecular flexibility index (Phi) is 4.01. The zero-order chi connectivity index (χ0) is 13.0.